The van der Waals surface area contributed by atoms with Crippen LogP contribution < -0.4 is 10.1 Å². The monoisotopic (exact) mass is 299 g/mol. The second kappa shape index (κ2) is 5.94. The van der Waals surface area contributed by atoms with Gasteiger partial charge in [0.1, 0.15) is 5.75 Å². The smallest absolute Gasteiger partial charge is 0.220 e. The van der Waals surface area contributed by atoms with Gasteiger partial charge >= 0.3 is 0 Å². The first kappa shape index (κ1) is 14.1. The summed E-state index contributed by atoms with van der Waals surface area (Å²) in [5, 5.41) is 3.15. The Labute approximate surface area is 132 Å². The van der Waals surface area contributed by atoms with Crippen LogP contribution >= 0.6 is 0 Å². The maximum Gasteiger partial charge on any atom is 0.220 e. The van der Waals surface area contributed by atoms with Crippen LogP contribution in [0.1, 0.15) is 37.7 Å². The molecule has 0 spiro atoms. The highest BCUT2D eigenvalue weighted by molar-refractivity contribution is 5.76. The lowest BCUT2D eigenvalue weighted by Gasteiger charge is -2.26. The van der Waals surface area contributed by atoms with Crippen molar-refractivity contribution in [2.75, 3.05) is 13.2 Å². The van der Waals surface area contributed by atoms with Crippen LogP contribution in [0.3, 0.4) is 0 Å². The van der Waals surface area contributed by atoms with E-state index in [1.165, 1.54) is 31.2 Å². The Balaban J connectivity index is 1.24. The third-order valence-electron chi connectivity index (χ3n) is 5.88. The van der Waals surface area contributed by atoms with Crippen molar-refractivity contribution in [1.82, 2.24) is 5.32 Å². The maximum atomic E-state index is 12.2. The third-order valence-corrected chi connectivity index (χ3v) is 5.88. The summed E-state index contributed by atoms with van der Waals surface area (Å²) in [6.07, 6.45) is 7.18. The van der Waals surface area contributed by atoms with Crippen molar-refractivity contribution >= 4 is 5.91 Å². The molecule has 2 bridgehead atoms. The molecule has 4 atom stereocenters. The molecule has 4 unspecified atom stereocenters. The number of benzene rings is 1. The first-order valence-electron chi connectivity index (χ1n) is 8.75. The van der Waals surface area contributed by atoms with Crippen LogP contribution in [0, 0.1) is 23.7 Å². The van der Waals surface area contributed by atoms with Crippen molar-refractivity contribution < 1.29 is 9.53 Å². The molecule has 1 aromatic carbocycles. The van der Waals surface area contributed by atoms with E-state index in [0.717, 1.165) is 37.0 Å². The van der Waals surface area contributed by atoms with Gasteiger partial charge in [0.25, 0.3) is 0 Å². The van der Waals surface area contributed by atoms with Crippen molar-refractivity contribution in [1.29, 1.82) is 0 Å². The van der Waals surface area contributed by atoms with Gasteiger partial charge in [0.2, 0.25) is 5.91 Å². The fourth-order valence-electron chi connectivity index (χ4n) is 4.72. The summed E-state index contributed by atoms with van der Waals surface area (Å²) in [5.41, 5.74) is 1.26. The molecule has 0 aromatic heterocycles. The highest BCUT2D eigenvalue weighted by Gasteiger charge is 2.40. The fourth-order valence-corrected chi connectivity index (χ4v) is 4.72. The van der Waals surface area contributed by atoms with Crippen LogP contribution in [0.5, 0.6) is 5.75 Å². The number of para-hydroxylation sites is 1. The van der Waals surface area contributed by atoms with Crippen molar-refractivity contribution in [2.24, 2.45) is 23.7 Å². The lowest BCUT2D eigenvalue weighted by atomic mass is 9.86. The number of nitrogens with one attached hydrogen (secondary N) is 1. The molecule has 1 aromatic rings. The van der Waals surface area contributed by atoms with Crippen LogP contribution in [-0.4, -0.2) is 19.1 Å². The van der Waals surface area contributed by atoms with Crippen LogP contribution in [0.25, 0.3) is 0 Å². The molecule has 4 rings (SSSR count). The van der Waals surface area contributed by atoms with E-state index in [-0.39, 0.29) is 5.91 Å². The predicted octanol–water partition coefficient (Wildman–Crippen LogP) is 3.18. The summed E-state index contributed by atoms with van der Waals surface area (Å²) < 4.78 is 5.79. The molecular formula is C19H25NO2. The van der Waals surface area contributed by atoms with Crippen LogP contribution in [0.2, 0.25) is 0 Å². The van der Waals surface area contributed by atoms with Gasteiger partial charge in [-0.1, -0.05) is 24.6 Å². The SMILES string of the molecule is O=C(CC1CC2CCC1C2)NCC1COc2ccccc2C1. The van der Waals surface area contributed by atoms with Crippen molar-refractivity contribution in [3.63, 3.8) is 0 Å². The number of carbonyl (C=O) groups excluding carboxylic acids is 1. The molecule has 2 aliphatic carbocycles. The Hall–Kier alpha value is -1.51. The number of hydrogen-bond acceptors (Lipinski definition) is 2. The summed E-state index contributed by atoms with van der Waals surface area (Å²) >= 11 is 0. The number of fused-ring (bicyclic) bond motifs is 3. The summed E-state index contributed by atoms with van der Waals surface area (Å²) in [6.45, 7) is 1.46. The minimum atomic E-state index is 0.247. The standard InChI is InChI=1S/C19H25NO2/c21-19(10-17-8-13-5-6-15(17)7-13)20-11-14-9-16-3-1-2-4-18(16)22-12-14/h1-4,13-15,17H,5-12H2,(H,20,21). The zero-order valence-electron chi connectivity index (χ0n) is 13.1. The van der Waals surface area contributed by atoms with Crippen molar-refractivity contribution in [3.05, 3.63) is 29.8 Å². The van der Waals surface area contributed by atoms with Gasteiger partial charge in [0, 0.05) is 18.9 Å². The van der Waals surface area contributed by atoms with E-state index < -0.39 is 0 Å². The van der Waals surface area contributed by atoms with Crippen LogP contribution in [0.15, 0.2) is 24.3 Å². The maximum absolute atomic E-state index is 12.2. The molecule has 1 heterocycles. The first-order valence-corrected chi connectivity index (χ1v) is 8.75. The third kappa shape index (κ3) is 2.86. The van der Waals surface area contributed by atoms with Gasteiger partial charge in [-0.05, 0) is 55.1 Å². The zero-order valence-corrected chi connectivity index (χ0v) is 13.1. The van der Waals surface area contributed by atoms with E-state index in [1.807, 2.05) is 12.1 Å². The summed E-state index contributed by atoms with van der Waals surface area (Å²) in [6, 6.07) is 8.21. The molecule has 22 heavy (non-hydrogen) atoms. The van der Waals surface area contributed by atoms with Crippen molar-refractivity contribution in [2.45, 2.75) is 38.5 Å². The summed E-state index contributed by atoms with van der Waals surface area (Å²) in [5.74, 6) is 4.07. The average molecular weight is 299 g/mol. The summed E-state index contributed by atoms with van der Waals surface area (Å²) in [7, 11) is 0. The topological polar surface area (TPSA) is 38.3 Å². The molecule has 3 heteroatoms. The molecule has 0 saturated heterocycles. The van der Waals surface area contributed by atoms with Gasteiger partial charge in [-0.15, -0.1) is 0 Å². The zero-order chi connectivity index (χ0) is 14.9. The van der Waals surface area contributed by atoms with E-state index >= 15 is 0 Å². The Morgan fingerprint density at radius 1 is 1.23 bits per heavy atom. The lowest BCUT2D eigenvalue weighted by molar-refractivity contribution is -0.122. The van der Waals surface area contributed by atoms with Crippen molar-refractivity contribution in [3.8, 4) is 5.75 Å². The van der Waals surface area contributed by atoms with Gasteiger partial charge in [0.05, 0.1) is 6.61 Å². The Morgan fingerprint density at radius 3 is 2.95 bits per heavy atom. The Bertz CT molecular complexity index is 556. The molecule has 3 aliphatic rings. The van der Waals surface area contributed by atoms with Crippen LogP contribution in [-0.2, 0) is 11.2 Å². The Kier molecular flexibility index (Phi) is 3.81. The first-order chi connectivity index (χ1) is 10.8. The summed E-state index contributed by atoms with van der Waals surface area (Å²) in [4.78, 5) is 12.2. The number of carbonyl (C=O) groups is 1. The average Bonchev–Trinajstić information content (AvgIpc) is 3.15. The number of ether oxygens (including phenoxy) is 1. The largest absolute Gasteiger partial charge is 0.493 e. The van der Waals surface area contributed by atoms with Gasteiger partial charge in [-0.2, -0.15) is 0 Å². The second-order valence-electron chi connectivity index (χ2n) is 7.43. The van der Waals surface area contributed by atoms with E-state index in [0.29, 0.717) is 18.4 Å². The van der Waals surface area contributed by atoms with E-state index in [9.17, 15) is 4.79 Å². The normalized spacial score (nSPS) is 32.4. The molecule has 2 fully saturated rings. The molecule has 1 amide bonds. The molecule has 1 N–H and O–H groups in total. The van der Waals surface area contributed by atoms with E-state index in [2.05, 4.69) is 17.4 Å². The van der Waals surface area contributed by atoms with Gasteiger partial charge < -0.3 is 10.1 Å². The molecule has 3 nitrogen and oxygen atoms in total. The molecule has 2 saturated carbocycles. The Morgan fingerprint density at radius 2 is 2.14 bits per heavy atom. The predicted molar refractivity (Wildman–Crippen MR) is 85.7 cm³/mol. The van der Waals surface area contributed by atoms with Gasteiger partial charge in [-0.3, -0.25) is 4.79 Å². The molecular weight excluding hydrogens is 274 g/mol. The van der Waals surface area contributed by atoms with E-state index in [1.54, 1.807) is 0 Å². The molecule has 1 aliphatic heterocycles. The highest BCUT2D eigenvalue weighted by Crippen LogP contribution is 2.49. The quantitative estimate of drug-likeness (QED) is 0.927. The van der Waals surface area contributed by atoms with E-state index in [4.69, 9.17) is 4.74 Å². The minimum Gasteiger partial charge on any atom is -0.493 e. The van der Waals surface area contributed by atoms with Gasteiger partial charge in [-0.25, -0.2) is 0 Å². The minimum absolute atomic E-state index is 0.247. The van der Waals surface area contributed by atoms with Gasteiger partial charge in [0.15, 0.2) is 0 Å². The molecule has 0 radical (unpaired) electrons. The number of rotatable bonds is 4. The lowest BCUT2D eigenvalue weighted by Crippen LogP contribution is -2.35. The van der Waals surface area contributed by atoms with Crippen LogP contribution in [0.4, 0.5) is 0 Å². The molecule has 118 valence electrons. The number of amides is 1. The highest BCUT2D eigenvalue weighted by atomic mass is 16.5. The number of hydrogen-bond donors (Lipinski definition) is 1. The fraction of sp³-hybridized carbons (Fsp3) is 0.632. The second-order valence-corrected chi connectivity index (χ2v) is 7.43.